The number of fused-ring (bicyclic) bond motifs is 7. The van der Waals surface area contributed by atoms with Gasteiger partial charge in [-0.2, -0.15) is 0 Å². The minimum Gasteiger partial charge on any atom is -0.456 e. The molecule has 6 aromatic carbocycles. The fourth-order valence-corrected chi connectivity index (χ4v) is 7.49. The fourth-order valence-electron chi connectivity index (χ4n) is 6.48. The van der Waals surface area contributed by atoms with Gasteiger partial charge in [-0.25, -0.2) is 19.9 Å². The van der Waals surface area contributed by atoms with Crippen molar-refractivity contribution < 1.29 is 8.83 Å². The number of para-hydroxylation sites is 2. The lowest BCUT2D eigenvalue weighted by molar-refractivity contribution is 0.669. The standard InChI is InChI=1S/C40H22N4O2S/c1-3-12-23(13-4-1)37-42-38(27-18-11-21-30-33(27)25-16-7-9-19-28(25)45-30)44-39(43-37)35-34-26-17-8-10-20-29(26)46-31(34)22-32-36(35)41-40(47-32)24-14-5-2-6-15-24/h1-22H. The predicted molar refractivity (Wildman–Crippen MR) is 189 cm³/mol. The van der Waals surface area contributed by atoms with Crippen molar-refractivity contribution in [3.63, 3.8) is 0 Å². The van der Waals surface area contributed by atoms with Crippen LogP contribution < -0.4 is 0 Å². The molecular formula is C40H22N4O2S. The van der Waals surface area contributed by atoms with Gasteiger partial charge in [0.25, 0.3) is 0 Å². The molecule has 0 unspecified atom stereocenters. The van der Waals surface area contributed by atoms with E-state index in [9.17, 15) is 0 Å². The molecule has 6 nitrogen and oxygen atoms in total. The summed E-state index contributed by atoms with van der Waals surface area (Å²) in [5.41, 5.74) is 7.65. The smallest absolute Gasteiger partial charge is 0.167 e. The van der Waals surface area contributed by atoms with Gasteiger partial charge in [-0.1, -0.05) is 109 Å². The molecule has 10 aromatic rings. The molecule has 0 N–H and O–H groups in total. The lowest BCUT2D eigenvalue weighted by Crippen LogP contribution is -2.01. The van der Waals surface area contributed by atoms with Crippen LogP contribution in [0, 0.1) is 0 Å². The number of thiazole rings is 1. The molecule has 0 aliphatic carbocycles. The van der Waals surface area contributed by atoms with Gasteiger partial charge in [0.1, 0.15) is 27.3 Å². The first-order valence-corrected chi connectivity index (χ1v) is 16.1. The maximum absolute atomic E-state index is 6.46. The van der Waals surface area contributed by atoms with Crippen LogP contribution in [0.5, 0.6) is 0 Å². The molecule has 0 atom stereocenters. The SMILES string of the molecule is c1ccc(-c2nc(-c3cccc4oc5ccccc5c34)nc(-c3c4nc(-c5ccccc5)sc4cc4oc5ccccc5c34)n2)cc1. The van der Waals surface area contributed by atoms with Crippen LogP contribution >= 0.6 is 11.3 Å². The number of hydrogen-bond acceptors (Lipinski definition) is 7. The first-order chi connectivity index (χ1) is 23.3. The second-order valence-corrected chi connectivity index (χ2v) is 12.4. The highest BCUT2D eigenvalue weighted by molar-refractivity contribution is 7.21. The minimum absolute atomic E-state index is 0.533. The lowest BCUT2D eigenvalue weighted by atomic mass is 10.0. The Morgan fingerprint density at radius 1 is 0.447 bits per heavy atom. The molecule has 7 heteroatoms. The maximum atomic E-state index is 6.46. The number of furan rings is 2. The summed E-state index contributed by atoms with van der Waals surface area (Å²) >= 11 is 1.63. The van der Waals surface area contributed by atoms with Crippen LogP contribution in [0.4, 0.5) is 0 Å². The van der Waals surface area contributed by atoms with Crippen molar-refractivity contribution in [1.29, 1.82) is 0 Å². The van der Waals surface area contributed by atoms with Crippen LogP contribution in [0.2, 0.25) is 0 Å². The van der Waals surface area contributed by atoms with Crippen LogP contribution in [0.3, 0.4) is 0 Å². The Morgan fingerprint density at radius 2 is 1.04 bits per heavy atom. The van der Waals surface area contributed by atoms with Crippen LogP contribution in [0.25, 0.3) is 98.8 Å². The van der Waals surface area contributed by atoms with Crippen LogP contribution in [-0.2, 0) is 0 Å². The molecule has 10 rings (SSSR count). The van der Waals surface area contributed by atoms with E-state index < -0.39 is 0 Å². The van der Waals surface area contributed by atoms with E-state index in [1.54, 1.807) is 11.3 Å². The van der Waals surface area contributed by atoms with Crippen molar-refractivity contribution in [2.75, 3.05) is 0 Å². The van der Waals surface area contributed by atoms with Crippen molar-refractivity contribution in [1.82, 2.24) is 19.9 Å². The molecule has 4 heterocycles. The van der Waals surface area contributed by atoms with Crippen LogP contribution in [0.15, 0.2) is 142 Å². The maximum Gasteiger partial charge on any atom is 0.167 e. The topological polar surface area (TPSA) is 77.8 Å². The predicted octanol–water partition coefficient (Wildman–Crippen LogP) is 10.9. The van der Waals surface area contributed by atoms with Crippen LogP contribution in [-0.4, -0.2) is 19.9 Å². The second-order valence-electron chi connectivity index (χ2n) is 11.4. The van der Waals surface area contributed by atoms with Gasteiger partial charge in [-0.15, -0.1) is 11.3 Å². The molecule has 4 aromatic heterocycles. The van der Waals surface area contributed by atoms with Crippen molar-refractivity contribution in [3.05, 3.63) is 133 Å². The first-order valence-electron chi connectivity index (χ1n) is 15.3. The summed E-state index contributed by atoms with van der Waals surface area (Å²) in [6, 6.07) is 44.6. The normalized spacial score (nSPS) is 11.8. The summed E-state index contributed by atoms with van der Waals surface area (Å²) in [5.74, 6) is 1.67. The van der Waals surface area contributed by atoms with Crippen molar-refractivity contribution in [2.24, 2.45) is 0 Å². The highest BCUT2D eigenvalue weighted by Gasteiger charge is 2.24. The quantitative estimate of drug-likeness (QED) is 0.194. The molecule has 0 saturated heterocycles. The Kier molecular flexibility index (Phi) is 5.64. The zero-order chi connectivity index (χ0) is 30.9. The van der Waals surface area contributed by atoms with Gasteiger partial charge in [0, 0.05) is 44.3 Å². The summed E-state index contributed by atoms with van der Waals surface area (Å²) in [4.78, 5) is 20.8. The Bertz CT molecular complexity index is 2800. The average Bonchev–Trinajstić information content (AvgIpc) is 3.84. The fraction of sp³-hybridized carbons (Fsp3) is 0. The van der Waals surface area contributed by atoms with Gasteiger partial charge in [0.05, 0.1) is 15.8 Å². The highest BCUT2D eigenvalue weighted by Crippen LogP contribution is 2.44. The number of hydrogen-bond donors (Lipinski definition) is 0. The first kappa shape index (κ1) is 26.1. The van der Waals surface area contributed by atoms with E-state index in [0.717, 1.165) is 81.4 Å². The Morgan fingerprint density at radius 3 is 1.81 bits per heavy atom. The Hall–Kier alpha value is -6.18. The molecule has 0 saturated carbocycles. The largest absolute Gasteiger partial charge is 0.456 e. The Balaban J connectivity index is 1.33. The number of aromatic nitrogens is 4. The van der Waals surface area contributed by atoms with Crippen molar-refractivity contribution in [2.45, 2.75) is 0 Å². The van der Waals surface area contributed by atoms with Gasteiger partial charge in [-0.05, 0) is 18.2 Å². The van der Waals surface area contributed by atoms with E-state index in [-0.39, 0.29) is 0 Å². The molecule has 0 spiro atoms. The molecule has 0 aliphatic heterocycles. The van der Waals surface area contributed by atoms with Crippen molar-refractivity contribution >= 4 is 65.4 Å². The molecule has 0 bridgehead atoms. The van der Waals surface area contributed by atoms with E-state index in [4.69, 9.17) is 28.8 Å². The van der Waals surface area contributed by atoms with Crippen molar-refractivity contribution in [3.8, 4) is 44.7 Å². The zero-order valence-electron chi connectivity index (χ0n) is 24.7. The third-order valence-electron chi connectivity index (χ3n) is 8.58. The molecule has 0 aliphatic rings. The summed E-state index contributed by atoms with van der Waals surface area (Å²) in [6.07, 6.45) is 0. The van der Waals surface area contributed by atoms with Crippen LogP contribution in [0.1, 0.15) is 0 Å². The molecule has 47 heavy (non-hydrogen) atoms. The third-order valence-corrected chi connectivity index (χ3v) is 9.63. The summed E-state index contributed by atoms with van der Waals surface area (Å²) < 4.78 is 13.7. The van der Waals surface area contributed by atoms with Gasteiger partial charge >= 0.3 is 0 Å². The van der Waals surface area contributed by atoms with E-state index in [1.165, 1.54) is 0 Å². The summed E-state index contributed by atoms with van der Waals surface area (Å²) in [6.45, 7) is 0. The van der Waals surface area contributed by atoms with Gasteiger partial charge in [0.2, 0.25) is 0 Å². The van der Waals surface area contributed by atoms with E-state index in [2.05, 4.69) is 36.4 Å². The van der Waals surface area contributed by atoms with E-state index >= 15 is 0 Å². The molecule has 0 radical (unpaired) electrons. The number of benzene rings is 6. The Labute approximate surface area is 271 Å². The molecular weight excluding hydrogens is 601 g/mol. The number of rotatable bonds is 4. The monoisotopic (exact) mass is 622 g/mol. The minimum atomic E-state index is 0.533. The molecule has 0 amide bonds. The van der Waals surface area contributed by atoms with Gasteiger partial charge < -0.3 is 8.83 Å². The average molecular weight is 623 g/mol. The molecule has 0 fully saturated rings. The second kappa shape index (κ2) is 10.2. The highest BCUT2D eigenvalue weighted by atomic mass is 32.1. The zero-order valence-corrected chi connectivity index (χ0v) is 25.5. The third kappa shape index (κ3) is 4.10. The summed E-state index contributed by atoms with van der Waals surface area (Å²) in [5, 5.41) is 4.82. The number of nitrogens with zero attached hydrogens (tertiary/aromatic N) is 4. The molecule has 220 valence electrons. The lowest BCUT2D eigenvalue weighted by Gasteiger charge is -2.10. The van der Waals surface area contributed by atoms with E-state index in [1.807, 2.05) is 97.1 Å². The van der Waals surface area contributed by atoms with Gasteiger partial charge in [-0.3, -0.25) is 0 Å². The van der Waals surface area contributed by atoms with E-state index in [0.29, 0.717) is 17.5 Å². The summed E-state index contributed by atoms with van der Waals surface area (Å²) in [7, 11) is 0. The van der Waals surface area contributed by atoms with Gasteiger partial charge in [0.15, 0.2) is 17.5 Å².